The molecule has 0 fully saturated rings. The third-order valence-electron chi connectivity index (χ3n) is 2.62. The lowest BCUT2D eigenvalue weighted by Gasteiger charge is -2.14. The topological polar surface area (TPSA) is 0 Å². The Hall–Kier alpha value is 0. The number of unbranched alkanes of at least 4 members (excludes halogenated alkanes) is 4. The van der Waals surface area contributed by atoms with Crippen molar-refractivity contribution in [3.8, 4) is 0 Å². The molecule has 0 aromatic heterocycles. The third kappa shape index (κ3) is 6.69. The molecule has 0 aliphatic heterocycles. The van der Waals surface area contributed by atoms with E-state index in [1.165, 1.54) is 38.5 Å². The van der Waals surface area contributed by atoms with Gasteiger partial charge in [0.2, 0.25) is 0 Å². The van der Waals surface area contributed by atoms with Crippen LogP contribution in [0.3, 0.4) is 0 Å². The molecule has 0 aromatic carbocycles. The molecule has 73 valence electrons. The van der Waals surface area contributed by atoms with Gasteiger partial charge in [-0.3, -0.25) is 0 Å². The average molecular weight is 169 g/mol. The summed E-state index contributed by atoms with van der Waals surface area (Å²) in [6.07, 6.45) is 8.28. The van der Waals surface area contributed by atoms with E-state index in [1.54, 1.807) is 0 Å². The summed E-state index contributed by atoms with van der Waals surface area (Å²) >= 11 is 0. The predicted molar refractivity (Wildman–Crippen MR) is 57.1 cm³/mol. The third-order valence-corrected chi connectivity index (χ3v) is 2.62. The van der Waals surface area contributed by atoms with Gasteiger partial charge in [-0.15, -0.1) is 0 Å². The summed E-state index contributed by atoms with van der Waals surface area (Å²) in [5.41, 5.74) is 0. The maximum absolute atomic E-state index is 4.16. The van der Waals surface area contributed by atoms with Crippen molar-refractivity contribution in [1.82, 2.24) is 0 Å². The molecule has 1 radical (unpaired) electrons. The molecule has 0 heterocycles. The molecule has 0 heteroatoms. The van der Waals surface area contributed by atoms with Gasteiger partial charge in [-0.1, -0.05) is 59.3 Å². The normalized spacial score (nSPS) is 13.8. The van der Waals surface area contributed by atoms with Gasteiger partial charge in [0.15, 0.2) is 0 Å². The van der Waals surface area contributed by atoms with E-state index in [1.807, 2.05) is 0 Å². The van der Waals surface area contributed by atoms with Crippen LogP contribution in [0.25, 0.3) is 0 Å². The maximum atomic E-state index is 4.16. The van der Waals surface area contributed by atoms with Crippen molar-refractivity contribution < 1.29 is 0 Å². The Kier molecular flexibility index (Phi) is 7.64. The summed E-state index contributed by atoms with van der Waals surface area (Å²) in [5, 5.41) is 0. The van der Waals surface area contributed by atoms with Gasteiger partial charge >= 0.3 is 0 Å². The second kappa shape index (κ2) is 7.64. The Morgan fingerprint density at radius 2 is 1.58 bits per heavy atom. The molecule has 0 saturated carbocycles. The maximum Gasteiger partial charge on any atom is -0.0391 e. The smallest absolute Gasteiger partial charge is 0.0391 e. The minimum absolute atomic E-state index is 0.673. The van der Waals surface area contributed by atoms with E-state index in [9.17, 15) is 0 Å². The Bertz CT molecular complexity index is 84.0. The van der Waals surface area contributed by atoms with Crippen LogP contribution >= 0.6 is 0 Å². The van der Waals surface area contributed by atoms with Gasteiger partial charge in [-0.25, -0.2) is 0 Å². The van der Waals surface area contributed by atoms with Gasteiger partial charge < -0.3 is 0 Å². The number of hydrogen-bond acceptors (Lipinski definition) is 0. The van der Waals surface area contributed by atoms with Crippen molar-refractivity contribution in [2.75, 3.05) is 0 Å². The zero-order chi connectivity index (χ0) is 9.40. The molecular formula is C12H25. The molecule has 0 amide bonds. The van der Waals surface area contributed by atoms with E-state index in [0.29, 0.717) is 5.92 Å². The van der Waals surface area contributed by atoms with Gasteiger partial charge in [-0.05, 0) is 18.8 Å². The minimum Gasteiger partial charge on any atom is -0.0654 e. The van der Waals surface area contributed by atoms with Crippen molar-refractivity contribution in [1.29, 1.82) is 0 Å². The molecule has 1 atom stereocenters. The van der Waals surface area contributed by atoms with Gasteiger partial charge in [-0.2, -0.15) is 0 Å². The summed E-state index contributed by atoms with van der Waals surface area (Å²) in [6, 6.07) is 0. The highest BCUT2D eigenvalue weighted by Crippen LogP contribution is 2.17. The molecule has 0 nitrogen and oxygen atoms in total. The van der Waals surface area contributed by atoms with Crippen LogP contribution in [-0.2, 0) is 0 Å². The quantitative estimate of drug-likeness (QED) is 0.494. The van der Waals surface area contributed by atoms with Gasteiger partial charge in [0.25, 0.3) is 0 Å². The van der Waals surface area contributed by atoms with Crippen LogP contribution in [0.4, 0.5) is 0 Å². The monoisotopic (exact) mass is 169 g/mol. The molecule has 0 bridgehead atoms. The standard InChI is InChI=1S/C12H25/c1-5-6-7-8-9-10-12(4)11(2)3/h11-12H,4-10H2,1-3H3. The minimum atomic E-state index is 0.673. The lowest BCUT2D eigenvalue weighted by Crippen LogP contribution is -2.03. The molecule has 0 aliphatic carbocycles. The molecule has 0 saturated heterocycles. The van der Waals surface area contributed by atoms with E-state index in [2.05, 4.69) is 27.7 Å². The zero-order valence-electron chi connectivity index (χ0n) is 9.10. The first-order valence-electron chi connectivity index (χ1n) is 5.51. The van der Waals surface area contributed by atoms with Crippen LogP contribution in [0, 0.1) is 18.8 Å². The molecule has 0 rings (SSSR count). The highest BCUT2D eigenvalue weighted by molar-refractivity contribution is 4.64. The highest BCUT2D eigenvalue weighted by Gasteiger charge is 2.05. The van der Waals surface area contributed by atoms with E-state index >= 15 is 0 Å². The molecule has 0 aromatic rings. The van der Waals surface area contributed by atoms with Crippen molar-refractivity contribution in [3.05, 3.63) is 6.92 Å². The summed E-state index contributed by atoms with van der Waals surface area (Å²) in [4.78, 5) is 0. The van der Waals surface area contributed by atoms with Gasteiger partial charge in [0.05, 0.1) is 0 Å². The van der Waals surface area contributed by atoms with Crippen molar-refractivity contribution >= 4 is 0 Å². The first-order valence-corrected chi connectivity index (χ1v) is 5.51. The molecule has 0 spiro atoms. The molecular weight excluding hydrogens is 144 g/mol. The SMILES string of the molecule is [CH2]C(CCCCCCC)C(C)C. The van der Waals surface area contributed by atoms with Crippen LogP contribution < -0.4 is 0 Å². The van der Waals surface area contributed by atoms with Crippen molar-refractivity contribution in [2.45, 2.75) is 59.3 Å². The zero-order valence-corrected chi connectivity index (χ0v) is 9.10. The highest BCUT2D eigenvalue weighted by atomic mass is 14.1. The lowest BCUT2D eigenvalue weighted by atomic mass is 9.92. The second-order valence-electron chi connectivity index (χ2n) is 4.21. The molecule has 12 heavy (non-hydrogen) atoms. The fraction of sp³-hybridized carbons (Fsp3) is 0.917. The molecule has 0 N–H and O–H groups in total. The predicted octanol–water partition coefficient (Wildman–Crippen LogP) is 4.45. The van der Waals surface area contributed by atoms with Gasteiger partial charge in [0.1, 0.15) is 0 Å². The van der Waals surface area contributed by atoms with Crippen LogP contribution in [0.2, 0.25) is 0 Å². The molecule has 0 aliphatic rings. The van der Waals surface area contributed by atoms with E-state index in [0.717, 1.165) is 5.92 Å². The summed E-state index contributed by atoms with van der Waals surface area (Å²) in [7, 11) is 0. The van der Waals surface area contributed by atoms with E-state index in [4.69, 9.17) is 0 Å². The Morgan fingerprint density at radius 1 is 1.00 bits per heavy atom. The summed E-state index contributed by atoms with van der Waals surface area (Å²) < 4.78 is 0. The van der Waals surface area contributed by atoms with Crippen molar-refractivity contribution in [3.63, 3.8) is 0 Å². The fourth-order valence-corrected chi connectivity index (χ4v) is 1.34. The van der Waals surface area contributed by atoms with Crippen LogP contribution in [0.5, 0.6) is 0 Å². The van der Waals surface area contributed by atoms with Crippen LogP contribution in [-0.4, -0.2) is 0 Å². The first kappa shape index (κ1) is 12.0. The van der Waals surface area contributed by atoms with Crippen molar-refractivity contribution in [2.24, 2.45) is 11.8 Å². The fourth-order valence-electron chi connectivity index (χ4n) is 1.34. The second-order valence-corrected chi connectivity index (χ2v) is 4.21. The summed E-state index contributed by atoms with van der Waals surface area (Å²) in [6.45, 7) is 11.0. The molecule has 1 unspecified atom stereocenters. The van der Waals surface area contributed by atoms with E-state index in [-0.39, 0.29) is 0 Å². The Balaban J connectivity index is 3.08. The Morgan fingerprint density at radius 3 is 2.08 bits per heavy atom. The largest absolute Gasteiger partial charge is 0.0654 e. The van der Waals surface area contributed by atoms with Crippen LogP contribution in [0.15, 0.2) is 0 Å². The lowest BCUT2D eigenvalue weighted by molar-refractivity contribution is 0.411. The van der Waals surface area contributed by atoms with Gasteiger partial charge in [0, 0.05) is 0 Å². The van der Waals surface area contributed by atoms with E-state index < -0.39 is 0 Å². The number of hydrogen-bond donors (Lipinski definition) is 0. The number of rotatable bonds is 7. The summed E-state index contributed by atoms with van der Waals surface area (Å²) in [5.74, 6) is 1.43. The first-order chi connectivity index (χ1) is 5.68. The Labute approximate surface area is 78.8 Å². The van der Waals surface area contributed by atoms with Crippen LogP contribution in [0.1, 0.15) is 59.3 Å². The average Bonchev–Trinajstić information content (AvgIpc) is 2.03.